The first-order valence-electron chi connectivity index (χ1n) is 8.71. The summed E-state index contributed by atoms with van der Waals surface area (Å²) in [5, 5.41) is 3.13. The lowest BCUT2D eigenvalue weighted by Gasteiger charge is -2.13. The fourth-order valence-corrected chi connectivity index (χ4v) is 2.59. The molecule has 2 amide bonds. The Morgan fingerprint density at radius 1 is 1.10 bits per heavy atom. The molecule has 2 aromatic carbocycles. The van der Waals surface area contributed by atoms with E-state index in [-0.39, 0.29) is 23.1 Å². The molecule has 0 fully saturated rings. The first-order chi connectivity index (χ1) is 14.2. The van der Waals surface area contributed by atoms with Gasteiger partial charge >= 0.3 is 0 Å². The van der Waals surface area contributed by atoms with E-state index in [4.69, 9.17) is 27.8 Å². The molecule has 0 saturated heterocycles. The second-order valence-corrected chi connectivity index (χ2v) is 6.73. The molecule has 0 aliphatic rings. The van der Waals surface area contributed by atoms with E-state index in [1.807, 2.05) is 0 Å². The van der Waals surface area contributed by atoms with Crippen LogP contribution in [0.15, 0.2) is 48.5 Å². The molecule has 3 rings (SSSR count). The van der Waals surface area contributed by atoms with Crippen molar-refractivity contribution in [3.8, 4) is 22.9 Å². The number of hydrogen-bond acceptors (Lipinski definition) is 6. The molecule has 0 bridgehead atoms. The maximum atomic E-state index is 13.8. The monoisotopic (exact) mass is 429 g/mol. The Labute approximate surface area is 176 Å². The number of anilines is 1. The van der Waals surface area contributed by atoms with Gasteiger partial charge in [-0.1, -0.05) is 11.6 Å². The molecule has 1 heterocycles. The number of halogens is 2. The van der Waals surface area contributed by atoms with Crippen molar-refractivity contribution in [3.63, 3.8) is 0 Å². The van der Waals surface area contributed by atoms with Crippen molar-refractivity contribution in [2.45, 2.75) is 13.0 Å². The topological polar surface area (TPSA) is 133 Å². The van der Waals surface area contributed by atoms with Crippen LogP contribution in [0.2, 0.25) is 5.02 Å². The Morgan fingerprint density at radius 3 is 2.43 bits per heavy atom. The van der Waals surface area contributed by atoms with Crippen LogP contribution in [0.4, 0.5) is 10.2 Å². The van der Waals surface area contributed by atoms with Crippen molar-refractivity contribution >= 4 is 29.2 Å². The van der Waals surface area contributed by atoms with Crippen LogP contribution in [-0.4, -0.2) is 27.8 Å². The molecular weight excluding hydrogens is 413 g/mol. The van der Waals surface area contributed by atoms with Crippen molar-refractivity contribution in [3.05, 3.63) is 65.1 Å². The summed E-state index contributed by atoms with van der Waals surface area (Å²) in [7, 11) is 0. The second kappa shape index (κ2) is 8.75. The Kier molecular flexibility index (Phi) is 6.12. The number of nitrogens with one attached hydrogen (secondary N) is 1. The molecule has 0 aliphatic heterocycles. The van der Waals surface area contributed by atoms with Gasteiger partial charge in [-0.15, -0.1) is 0 Å². The molecule has 0 saturated carbocycles. The van der Waals surface area contributed by atoms with Crippen LogP contribution >= 0.6 is 11.6 Å². The number of rotatable bonds is 7. The summed E-state index contributed by atoms with van der Waals surface area (Å²) in [5.74, 6) is -1.18. The molecule has 5 N–H and O–H groups in total. The SMILES string of the molecule is CC(Nc1cc(C(N)=O)nc(-c2ccc(Oc3cc(Cl)ccc3F)cc2)n1)C(N)=O. The van der Waals surface area contributed by atoms with Gasteiger partial charge in [0.1, 0.15) is 23.3 Å². The second-order valence-electron chi connectivity index (χ2n) is 6.30. The largest absolute Gasteiger partial charge is 0.454 e. The number of hydrogen-bond donors (Lipinski definition) is 3. The lowest BCUT2D eigenvalue weighted by Crippen LogP contribution is -2.33. The number of ether oxygens (including phenoxy) is 1. The molecule has 1 atom stereocenters. The molecule has 154 valence electrons. The van der Waals surface area contributed by atoms with Gasteiger partial charge in [0.25, 0.3) is 5.91 Å². The Morgan fingerprint density at radius 2 is 1.80 bits per heavy atom. The van der Waals surface area contributed by atoms with Gasteiger partial charge in [0.15, 0.2) is 17.4 Å². The third-order valence-electron chi connectivity index (χ3n) is 4.00. The lowest BCUT2D eigenvalue weighted by atomic mass is 10.2. The number of primary amides is 2. The summed E-state index contributed by atoms with van der Waals surface area (Å²) in [6, 6.07) is 11.0. The van der Waals surface area contributed by atoms with E-state index >= 15 is 0 Å². The number of aromatic nitrogens is 2. The minimum Gasteiger partial charge on any atom is -0.454 e. The molecule has 10 heteroatoms. The maximum absolute atomic E-state index is 13.8. The van der Waals surface area contributed by atoms with Crippen LogP contribution in [0.5, 0.6) is 11.5 Å². The number of nitrogens with zero attached hydrogens (tertiary/aromatic N) is 2. The fourth-order valence-electron chi connectivity index (χ4n) is 2.42. The Bertz CT molecular complexity index is 1110. The quantitative estimate of drug-likeness (QED) is 0.528. The number of benzene rings is 2. The van der Waals surface area contributed by atoms with E-state index in [1.54, 1.807) is 31.2 Å². The molecule has 3 aromatic rings. The lowest BCUT2D eigenvalue weighted by molar-refractivity contribution is -0.118. The minimum absolute atomic E-state index is 0.0193. The van der Waals surface area contributed by atoms with Crippen molar-refractivity contribution in [2.24, 2.45) is 11.5 Å². The highest BCUT2D eigenvalue weighted by Gasteiger charge is 2.15. The van der Waals surface area contributed by atoms with Crippen LogP contribution in [0.1, 0.15) is 17.4 Å². The van der Waals surface area contributed by atoms with Gasteiger partial charge in [-0.2, -0.15) is 0 Å². The van der Waals surface area contributed by atoms with E-state index in [1.165, 1.54) is 24.3 Å². The van der Waals surface area contributed by atoms with E-state index < -0.39 is 23.7 Å². The van der Waals surface area contributed by atoms with E-state index in [9.17, 15) is 14.0 Å². The van der Waals surface area contributed by atoms with Gasteiger partial charge in [0.2, 0.25) is 5.91 Å². The molecule has 0 spiro atoms. The number of amides is 2. The van der Waals surface area contributed by atoms with Crippen LogP contribution < -0.4 is 21.5 Å². The van der Waals surface area contributed by atoms with E-state index in [0.29, 0.717) is 16.3 Å². The van der Waals surface area contributed by atoms with Gasteiger partial charge in [0.05, 0.1) is 0 Å². The average Bonchev–Trinajstić information content (AvgIpc) is 2.71. The minimum atomic E-state index is -0.759. The molecule has 0 aliphatic carbocycles. The highest BCUT2D eigenvalue weighted by molar-refractivity contribution is 6.30. The fraction of sp³-hybridized carbons (Fsp3) is 0.100. The summed E-state index contributed by atoms with van der Waals surface area (Å²) in [4.78, 5) is 31.3. The summed E-state index contributed by atoms with van der Waals surface area (Å²) in [6.07, 6.45) is 0. The zero-order valence-corrected chi connectivity index (χ0v) is 16.5. The Balaban J connectivity index is 1.89. The molecule has 1 aromatic heterocycles. The standard InChI is InChI=1S/C20H17ClFN5O3/c1-10(18(23)28)25-17-9-15(19(24)29)26-20(27-17)11-2-5-13(6-3-11)30-16-8-12(21)4-7-14(16)22/h2-10H,1H3,(H2,23,28)(H2,24,29)(H,25,26,27). The first-order valence-corrected chi connectivity index (χ1v) is 9.09. The van der Waals surface area contributed by atoms with Gasteiger partial charge in [-0.3, -0.25) is 9.59 Å². The summed E-state index contributed by atoms with van der Waals surface area (Å²) >= 11 is 5.86. The van der Waals surface area contributed by atoms with Gasteiger partial charge in [-0.05, 0) is 43.3 Å². The predicted molar refractivity (Wildman–Crippen MR) is 110 cm³/mol. The van der Waals surface area contributed by atoms with Crippen molar-refractivity contribution in [1.82, 2.24) is 9.97 Å². The zero-order chi connectivity index (χ0) is 21.8. The normalized spacial score (nSPS) is 11.6. The molecular formula is C20H17ClFN5O3. The third-order valence-corrected chi connectivity index (χ3v) is 4.24. The van der Waals surface area contributed by atoms with E-state index in [0.717, 1.165) is 0 Å². The Hall–Kier alpha value is -3.72. The van der Waals surface area contributed by atoms with Crippen molar-refractivity contribution in [1.29, 1.82) is 0 Å². The van der Waals surface area contributed by atoms with Gasteiger partial charge in [0, 0.05) is 22.7 Å². The number of nitrogens with two attached hydrogens (primary N) is 2. The molecule has 30 heavy (non-hydrogen) atoms. The number of carbonyl (C=O) groups excluding carboxylic acids is 2. The van der Waals surface area contributed by atoms with Gasteiger partial charge in [-0.25, -0.2) is 14.4 Å². The summed E-state index contributed by atoms with van der Waals surface area (Å²) in [5.41, 5.74) is 11.1. The van der Waals surface area contributed by atoms with Crippen LogP contribution in [0.25, 0.3) is 11.4 Å². The molecule has 8 nitrogen and oxygen atoms in total. The van der Waals surface area contributed by atoms with Gasteiger partial charge < -0.3 is 21.5 Å². The smallest absolute Gasteiger partial charge is 0.267 e. The third kappa shape index (κ3) is 5.00. The number of carbonyl (C=O) groups is 2. The van der Waals surface area contributed by atoms with Crippen LogP contribution in [-0.2, 0) is 4.79 Å². The highest BCUT2D eigenvalue weighted by Crippen LogP contribution is 2.29. The van der Waals surface area contributed by atoms with E-state index in [2.05, 4.69) is 15.3 Å². The maximum Gasteiger partial charge on any atom is 0.267 e. The average molecular weight is 430 g/mol. The molecule has 0 radical (unpaired) electrons. The summed E-state index contributed by atoms with van der Waals surface area (Å²) < 4.78 is 19.3. The zero-order valence-electron chi connectivity index (χ0n) is 15.7. The van der Waals surface area contributed by atoms with Crippen molar-refractivity contribution < 1.29 is 18.7 Å². The van der Waals surface area contributed by atoms with Crippen molar-refractivity contribution in [2.75, 3.05) is 5.32 Å². The van der Waals surface area contributed by atoms with Crippen LogP contribution in [0, 0.1) is 5.82 Å². The molecule has 1 unspecified atom stereocenters. The highest BCUT2D eigenvalue weighted by atomic mass is 35.5. The summed E-state index contributed by atoms with van der Waals surface area (Å²) in [6.45, 7) is 1.55. The van der Waals surface area contributed by atoms with Crippen LogP contribution in [0.3, 0.4) is 0 Å². The first kappa shape index (κ1) is 21.0. The predicted octanol–water partition coefficient (Wildman–Crippen LogP) is 3.11.